The smallest absolute Gasteiger partial charge is 0.263 e. The number of nitrogens with zero attached hydrogens (tertiary/aromatic N) is 1. The number of carbonyl (C=O) groups excluding carboxylic acids is 1. The minimum atomic E-state index is -1.91. The van der Waals surface area contributed by atoms with Crippen LogP contribution in [0, 0.1) is 30.2 Å². The van der Waals surface area contributed by atoms with Gasteiger partial charge in [-0.2, -0.15) is 8.78 Å². The Morgan fingerprint density at radius 3 is 2.41 bits per heavy atom. The molecule has 0 aliphatic carbocycles. The highest BCUT2D eigenvalue weighted by atomic mass is 32.1. The summed E-state index contributed by atoms with van der Waals surface area (Å²) in [4.78, 5) is 16.7. The van der Waals surface area contributed by atoms with E-state index in [4.69, 9.17) is 16.6 Å². The van der Waals surface area contributed by atoms with Gasteiger partial charge in [-0.25, -0.2) is 13.8 Å². The van der Waals surface area contributed by atoms with E-state index in [0.717, 1.165) is 12.7 Å². The maximum Gasteiger partial charge on any atom is 0.263 e. The van der Waals surface area contributed by atoms with E-state index < -0.39 is 40.5 Å². The van der Waals surface area contributed by atoms with Gasteiger partial charge in [-0.1, -0.05) is 12.1 Å². The molecule has 4 aromatic rings. The highest BCUT2D eigenvalue weighted by molar-refractivity contribution is 7.80. The molecule has 0 spiro atoms. The quantitative estimate of drug-likeness (QED) is 0.224. The van der Waals surface area contributed by atoms with Crippen LogP contribution in [0.15, 0.2) is 46.9 Å². The number of aromatic nitrogens is 1. The van der Waals surface area contributed by atoms with Gasteiger partial charge in [0.25, 0.3) is 5.91 Å². The molecule has 1 aromatic heterocycles. The van der Waals surface area contributed by atoms with Gasteiger partial charge in [-0.15, -0.1) is 0 Å². The molecular formula is C23H15F4N3O3S. The molecule has 0 saturated carbocycles. The Hall–Kier alpha value is -3.99. The second-order valence-electron chi connectivity index (χ2n) is 7.14. The van der Waals surface area contributed by atoms with E-state index in [1.165, 1.54) is 0 Å². The van der Waals surface area contributed by atoms with Crippen LogP contribution in [-0.4, -0.2) is 23.1 Å². The van der Waals surface area contributed by atoms with Crippen LogP contribution in [0.25, 0.3) is 22.6 Å². The monoisotopic (exact) mass is 489 g/mol. The topological polar surface area (TPSA) is 76.4 Å². The van der Waals surface area contributed by atoms with Crippen molar-refractivity contribution in [3.63, 3.8) is 0 Å². The summed E-state index contributed by atoms with van der Waals surface area (Å²) in [6, 6.07) is 12.2. The number of aryl methyl sites for hydroxylation is 1. The Bertz CT molecular complexity index is 1430. The number of rotatable bonds is 4. The number of halogens is 4. The maximum atomic E-state index is 14.2. The van der Waals surface area contributed by atoms with E-state index in [1.54, 1.807) is 24.3 Å². The van der Waals surface area contributed by atoms with Crippen LogP contribution in [0.1, 0.15) is 15.9 Å². The number of benzene rings is 3. The Morgan fingerprint density at radius 2 is 1.74 bits per heavy atom. The fourth-order valence-corrected chi connectivity index (χ4v) is 3.41. The van der Waals surface area contributed by atoms with Gasteiger partial charge in [0.05, 0.1) is 7.11 Å². The van der Waals surface area contributed by atoms with Crippen LogP contribution in [0.5, 0.6) is 5.75 Å². The molecule has 34 heavy (non-hydrogen) atoms. The average Bonchev–Trinajstić information content (AvgIpc) is 3.21. The molecule has 11 heteroatoms. The Kier molecular flexibility index (Phi) is 6.20. The van der Waals surface area contributed by atoms with Gasteiger partial charge in [-0.05, 0) is 55.0 Å². The number of thiocarbonyl (C=S) groups is 1. The van der Waals surface area contributed by atoms with Crippen molar-refractivity contribution in [3.8, 4) is 17.2 Å². The SMILES string of the molecule is COc1c(F)c(F)c(C(=O)NC(=S)Nc2cccc(-c3nc4ccc(C)cc4o3)c2)c(F)c1F. The van der Waals surface area contributed by atoms with Crippen molar-refractivity contribution in [1.29, 1.82) is 0 Å². The lowest BCUT2D eigenvalue weighted by atomic mass is 10.1. The summed E-state index contributed by atoms with van der Waals surface area (Å²) in [7, 11) is 0.829. The van der Waals surface area contributed by atoms with E-state index in [1.807, 2.05) is 30.4 Å². The molecular weight excluding hydrogens is 474 g/mol. The molecule has 6 nitrogen and oxygen atoms in total. The zero-order chi connectivity index (χ0) is 24.6. The predicted molar refractivity (Wildman–Crippen MR) is 121 cm³/mol. The van der Waals surface area contributed by atoms with E-state index in [-0.39, 0.29) is 5.11 Å². The lowest BCUT2D eigenvalue weighted by Crippen LogP contribution is -2.35. The second kappa shape index (κ2) is 9.10. The van der Waals surface area contributed by atoms with Crippen molar-refractivity contribution >= 4 is 40.0 Å². The van der Waals surface area contributed by atoms with Crippen LogP contribution in [0.3, 0.4) is 0 Å². The van der Waals surface area contributed by atoms with Crippen LogP contribution in [0.2, 0.25) is 0 Å². The standard InChI is InChI=1S/C23H15F4N3O3S/c1-10-6-7-13-14(8-10)33-22(29-13)11-4-3-5-12(9-11)28-23(34)30-21(31)15-16(24)18(26)20(32-2)19(27)17(15)25/h3-9H,1-2H3,(H2,28,30,31,34). The lowest BCUT2D eigenvalue weighted by molar-refractivity contribution is 0.0966. The number of amides is 1. The van der Waals surface area contributed by atoms with Crippen molar-refractivity contribution in [2.45, 2.75) is 6.92 Å². The number of hydrogen-bond acceptors (Lipinski definition) is 5. The largest absolute Gasteiger partial charge is 0.491 e. The maximum absolute atomic E-state index is 14.2. The molecule has 0 aliphatic heterocycles. The molecule has 0 saturated heterocycles. The molecule has 0 aliphatic rings. The first-order chi connectivity index (χ1) is 16.2. The fourth-order valence-electron chi connectivity index (χ4n) is 3.20. The van der Waals surface area contributed by atoms with Gasteiger partial charge >= 0.3 is 0 Å². The van der Waals surface area contributed by atoms with E-state index in [9.17, 15) is 22.4 Å². The normalized spacial score (nSPS) is 10.9. The van der Waals surface area contributed by atoms with Crippen molar-refractivity contribution in [2.75, 3.05) is 12.4 Å². The molecule has 3 aromatic carbocycles. The van der Waals surface area contributed by atoms with Gasteiger partial charge in [0.15, 0.2) is 28.1 Å². The summed E-state index contributed by atoms with van der Waals surface area (Å²) in [5, 5.41) is 4.28. The number of nitrogens with one attached hydrogen (secondary N) is 2. The number of oxazole rings is 1. The van der Waals surface area contributed by atoms with Gasteiger partial charge in [0.2, 0.25) is 17.5 Å². The van der Waals surface area contributed by atoms with Crippen LogP contribution < -0.4 is 15.4 Å². The molecule has 2 N–H and O–H groups in total. The van der Waals surface area contributed by atoms with Gasteiger partial charge in [-0.3, -0.25) is 10.1 Å². The molecule has 0 atom stereocenters. The van der Waals surface area contributed by atoms with Crippen molar-refractivity contribution in [1.82, 2.24) is 10.3 Å². The molecule has 1 amide bonds. The predicted octanol–water partition coefficient (Wildman–Crippen LogP) is 5.50. The average molecular weight is 489 g/mol. The third-order valence-electron chi connectivity index (χ3n) is 4.79. The summed E-state index contributed by atoms with van der Waals surface area (Å²) >= 11 is 5.00. The highest BCUT2D eigenvalue weighted by Gasteiger charge is 2.30. The van der Waals surface area contributed by atoms with E-state index in [0.29, 0.717) is 28.2 Å². The number of methoxy groups -OCH3 is 1. The number of fused-ring (bicyclic) bond motifs is 1. The Balaban J connectivity index is 1.53. The zero-order valence-electron chi connectivity index (χ0n) is 17.6. The minimum absolute atomic E-state index is 0.340. The van der Waals surface area contributed by atoms with E-state index >= 15 is 0 Å². The van der Waals surface area contributed by atoms with Crippen LogP contribution >= 0.6 is 12.2 Å². The molecule has 174 valence electrons. The molecule has 0 bridgehead atoms. The number of hydrogen-bond donors (Lipinski definition) is 2. The number of carbonyl (C=O) groups is 1. The molecule has 0 unspecified atom stereocenters. The third-order valence-corrected chi connectivity index (χ3v) is 5.00. The van der Waals surface area contributed by atoms with Crippen molar-refractivity contribution in [2.24, 2.45) is 0 Å². The molecule has 4 rings (SSSR count). The first-order valence-electron chi connectivity index (χ1n) is 9.69. The summed E-state index contributed by atoms with van der Waals surface area (Å²) in [6.07, 6.45) is 0. The molecule has 1 heterocycles. The first kappa shape index (κ1) is 23.2. The molecule has 0 radical (unpaired) electrons. The van der Waals surface area contributed by atoms with E-state index in [2.05, 4.69) is 15.0 Å². The lowest BCUT2D eigenvalue weighted by Gasteiger charge is -2.13. The summed E-state index contributed by atoms with van der Waals surface area (Å²) in [5.74, 6) is -9.93. The summed E-state index contributed by atoms with van der Waals surface area (Å²) < 4.78 is 66.2. The fraction of sp³-hybridized carbons (Fsp3) is 0.0870. The zero-order valence-corrected chi connectivity index (χ0v) is 18.5. The minimum Gasteiger partial charge on any atom is -0.491 e. The molecule has 0 fully saturated rings. The van der Waals surface area contributed by atoms with Gasteiger partial charge in [0.1, 0.15) is 11.1 Å². The van der Waals surface area contributed by atoms with Gasteiger partial charge < -0.3 is 14.5 Å². The van der Waals surface area contributed by atoms with Crippen LogP contribution in [-0.2, 0) is 0 Å². The summed E-state index contributed by atoms with van der Waals surface area (Å²) in [6.45, 7) is 1.92. The van der Waals surface area contributed by atoms with Crippen LogP contribution in [0.4, 0.5) is 23.2 Å². The number of anilines is 1. The van der Waals surface area contributed by atoms with Gasteiger partial charge in [0, 0.05) is 11.3 Å². The Morgan fingerprint density at radius 1 is 1.03 bits per heavy atom. The first-order valence-corrected chi connectivity index (χ1v) is 10.1. The number of ether oxygens (including phenoxy) is 1. The third kappa shape index (κ3) is 4.29. The van der Waals surface area contributed by atoms with Crippen molar-refractivity contribution < 1.29 is 31.5 Å². The highest BCUT2D eigenvalue weighted by Crippen LogP contribution is 2.30. The van der Waals surface area contributed by atoms with Crippen molar-refractivity contribution in [3.05, 3.63) is 76.9 Å². The Labute approximate surface area is 195 Å². The summed E-state index contributed by atoms with van der Waals surface area (Å²) in [5.41, 5.74) is 1.79. The second-order valence-corrected chi connectivity index (χ2v) is 7.55.